The Balaban J connectivity index is 3.35. The molecule has 0 spiro atoms. The number of carbonyl (C=O) groups is 1. The van der Waals surface area contributed by atoms with Crippen LogP contribution < -0.4 is 5.32 Å². The highest BCUT2D eigenvalue weighted by Crippen LogP contribution is 2.14. The Morgan fingerprint density at radius 3 is 2.72 bits per heavy atom. The van der Waals surface area contributed by atoms with Crippen molar-refractivity contribution in [2.24, 2.45) is 5.11 Å². The molecule has 0 radical (unpaired) electrons. The predicted octanol–water partition coefficient (Wildman–Crippen LogP) is 2.16. The number of hydrogen-bond acceptors (Lipinski definition) is 3. The maximum absolute atomic E-state index is 11.7. The fourth-order valence-electron chi connectivity index (χ4n) is 1.02. The zero-order valence-corrected chi connectivity index (χ0v) is 9.74. The van der Waals surface area contributed by atoms with Gasteiger partial charge >= 0.3 is 6.18 Å². The van der Waals surface area contributed by atoms with E-state index in [9.17, 15) is 18.0 Å². The average molecular weight is 268 g/mol. The van der Waals surface area contributed by atoms with E-state index in [1.165, 1.54) is 0 Å². The zero-order chi connectivity index (χ0) is 13.9. The zero-order valence-electron chi connectivity index (χ0n) is 9.74. The summed E-state index contributed by atoms with van der Waals surface area (Å²) in [7, 11) is 0. The summed E-state index contributed by atoms with van der Waals surface area (Å²) in [5.41, 5.74) is 7.98. The van der Waals surface area contributed by atoms with Gasteiger partial charge in [0.2, 0.25) is 5.91 Å². The Hall–Kier alpha value is -1.47. The molecule has 0 unspecified atom stereocenters. The van der Waals surface area contributed by atoms with E-state index in [4.69, 9.17) is 5.53 Å². The summed E-state index contributed by atoms with van der Waals surface area (Å²) in [5, 5.41) is 5.84. The Bertz CT molecular complexity index is 290. The Kier molecular flexibility index (Phi) is 8.77. The van der Waals surface area contributed by atoms with Gasteiger partial charge in [0.1, 0.15) is 6.61 Å². The lowest BCUT2D eigenvalue weighted by molar-refractivity contribution is -0.174. The van der Waals surface area contributed by atoms with Crippen molar-refractivity contribution in [3.05, 3.63) is 10.4 Å². The molecule has 0 rings (SSSR count). The lowest BCUT2D eigenvalue weighted by Crippen LogP contribution is -2.26. The van der Waals surface area contributed by atoms with Crippen LogP contribution in [0.25, 0.3) is 10.4 Å². The molecule has 0 saturated carbocycles. The minimum atomic E-state index is -4.36. The standard InChI is InChI=1S/C9H15F3N4O2/c10-9(11,12)7-18-6-3-8(17)14-4-1-2-5-15-16-13/h1-7H2,(H,14,17). The summed E-state index contributed by atoms with van der Waals surface area (Å²) in [5.74, 6) is -0.360. The van der Waals surface area contributed by atoms with Crippen LogP contribution in [-0.2, 0) is 9.53 Å². The first kappa shape index (κ1) is 16.5. The van der Waals surface area contributed by atoms with E-state index in [1.807, 2.05) is 0 Å². The second-order valence-corrected chi connectivity index (χ2v) is 3.43. The molecule has 0 bridgehead atoms. The maximum atomic E-state index is 11.7. The number of halogens is 3. The quantitative estimate of drug-likeness (QED) is 0.300. The lowest BCUT2D eigenvalue weighted by Gasteiger charge is -2.07. The molecule has 18 heavy (non-hydrogen) atoms. The first-order valence-electron chi connectivity index (χ1n) is 5.38. The van der Waals surface area contributed by atoms with Gasteiger partial charge in [-0.25, -0.2) is 0 Å². The van der Waals surface area contributed by atoms with Crippen molar-refractivity contribution in [3.8, 4) is 0 Å². The summed E-state index contributed by atoms with van der Waals surface area (Å²) in [4.78, 5) is 13.7. The normalized spacial score (nSPS) is 10.8. The molecule has 1 amide bonds. The van der Waals surface area contributed by atoms with Gasteiger partial charge in [0, 0.05) is 24.4 Å². The van der Waals surface area contributed by atoms with Crippen molar-refractivity contribution >= 4 is 5.91 Å². The van der Waals surface area contributed by atoms with Gasteiger partial charge in [-0.1, -0.05) is 5.11 Å². The first-order chi connectivity index (χ1) is 8.45. The predicted molar refractivity (Wildman–Crippen MR) is 57.7 cm³/mol. The van der Waals surface area contributed by atoms with E-state index < -0.39 is 12.8 Å². The van der Waals surface area contributed by atoms with E-state index in [-0.39, 0.29) is 18.9 Å². The molecule has 0 aliphatic heterocycles. The van der Waals surface area contributed by atoms with Crippen molar-refractivity contribution in [2.45, 2.75) is 25.4 Å². The van der Waals surface area contributed by atoms with E-state index >= 15 is 0 Å². The van der Waals surface area contributed by atoms with Crippen molar-refractivity contribution < 1.29 is 22.7 Å². The van der Waals surface area contributed by atoms with Crippen molar-refractivity contribution in [3.63, 3.8) is 0 Å². The summed E-state index contributed by atoms with van der Waals surface area (Å²) >= 11 is 0. The minimum Gasteiger partial charge on any atom is -0.372 e. The number of amides is 1. The molecule has 0 aromatic rings. The van der Waals surface area contributed by atoms with Gasteiger partial charge in [0.15, 0.2) is 0 Å². The van der Waals surface area contributed by atoms with Crippen molar-refractivity contribution in [1.29, 1.82) is 0 Å². The fourth-order valence-corrected chi connectivity index (χ4v) is 1.02. The van der Waals surface area contributed by atoms with Crippen LogP contribution >= 0.6 is 0 Å². The van der Waals surface area contributed by atoms with Gasteiger partial charge in [-0.3, -0.25) is 4.79 Å². The molecule has 0 saturated heterocycles. The number of unbranched alkanes of at least 4 members (excludes halogenated alkanes) is 1. The van der Waals surface area contributed by atoms with Gasteiger partial charge in [-0.15, -0.1) is 0 Å². The topological polar surface area (TPSA) is 87.1 Å². The molecule has 0 heterocycles. The third-order valence-electron chi connectivity index (χ3n) is 1.81. The van der Waals surface area contributed by atoms with Crippen LogP contribution in [0.1, 0.15) is 19.3 Å². The van der Waals surface area contributed by atoms with E-state index in [1.54, 1.807) is 0 Å². The second-order valence-electron chi connectivity index (χ2n) is 3.43. The number of nitrogens with zero attached hydrogens (tertiary/aromatic N) is 3. The Morgan fingerprint density at radius 1 is 1.39 bits per heavy atom. The molecule has 0 aliphatic rings. The van der Waals surface area contributed by atoms with Gasteiger partial charge in [0.05, 0.1) is 6.61 Å². The highest BCUT2D eigenvalue weighted by molar-refractivity contribution is 5.75. The number of rotatable bonds is 9. The van der Waals surface area contributed by atoms with E-state index in [2.05, 4.69) is 20.1 Å². The molecular formula is C9H15F3N4O2. The van der Waals surface area contributed by atoms with Crippen molar-refractivity contribution in [1.82, 2.24) is 5.32 Å². The van der Waals surface area contributed by atoms with Gasteiger partial charge in [-0.05, 0) is 18.4 Å². The third kappa shape index (κ3) is 12.6. The number of carbonyl (C=O) groups excluding carboxylic acids is 1. The molecule has 0 aliphatic carbocycles. The average Bonchev–Trinajstić information content (AvgIpc) is 2.28. The third-order valence-corrected chi connectivity index (χ3v) is 1.81. The molecule has 1 N–H and O–H groups in total. The Morgan fingerprint density at radius 2 is 2.11 bits per heavy atom. The summed E-state index contributed by atoms with van der Waals surface area (Å²) in [6, 6.07) is 0. The molecule has 0 aromatic carbocycles. The largest absolute Gasteiger partial charge is 0.411 e. The molecular weight excluding hydrogens is 253 g/mol. The SMILES string of the molecule is [N-]=[N+]=NCCCCNC(=O)CCOCC(F)(F)F. The van der Waals surface area contributed by atoms with Gasteiger partial charge in [0.25, 0.3) is 0 Å². The molecule has 9 heteroatoms. The van der Waals surface area contributed by atoms with E-state index in [0.29, 0.717) is 25.9 Å². The number of azide groups is 1. The maximum Gasteiger partial charge on any atom is 0.411 e. The molecule has 104 valence electrons. The van der Waals surface area contributed by atoms with Crippen LogP contribution in [-0.4, -0.2) is 38.4 Å². The molecule has 6 nitrogen and oxygen atoms in total. The molecule has 0 fully saturated rings. The smallest absolute Gasteiger partial charge is 0.372 e. The van der Waals surface area contributed by atoms with Crippen LogP contribution in [0.15, 0.2) is 5.11 Å². The monoisotopic (exact) mass is 268 g/mol. The van der Waals surface area contributed by atoms with Gasteiger partial charge < -0.3 is 10.1 Å². The number of ether oxygens (including phenoxy) is 1. The first-order valence-corrected chi connectivity index (χ1v) is 5.38. The van der Waals surface area contributed by atoms with E-state index in [0.717, 1.165) is 0 Å². The Labute approximate surface area is 102 Å². The number of hydrogen-bond donors (Lipinski definition) is 1. The molecule has 0 aromatic heterocycles. The number of alkyl halides is 3. The minimum absolute atomic E-state index is 0.105. The number of nitrogens with one attached hydrogen (secondary N) is 1. The summed E-state index contributed by atoms with van der Waals surface area (Å²) in [6.07, 6.45) is -3.17. The highest BCUT2D eigenvalue weighted by Gasteiger charge is 2.27. The van der Waals surface area contributed by atoms with Crippen LogP contribution in [0.5, 0.6) is 0 Å². The molecule has 0 atom stereocenters. The lowest BCUT2D eigenvalue weighted by atomic mass is 10.3. The van der Waals surface area contributed by atoms with Gasteiger partial charge in [-0.2, -0.15) is 13.2 Å². The summed E-state index contributed by atoms with van der Waals surface area (Å²) < 4.78 is 39.3. The van der Waals surface area contributed by atoms with Crippen LogP contribution in [0.4, 0.5) is 13.2 Å². The second kappa shape index (κ2) is 9.55. The fraction of sp³-hybridized carbons (Fsp3) is 0.889. The summed E-state index contributed by atoms with van der Waals surface area (Å²) in [6.45, 7) is -0.837. The van der Waals surface area contributed by atoms with Crippen LogP contribution in [0, 0.1) is 0 Å². The van der Waals surface area contributed by atoms with Crippen LogP contribution in [0.2, 0.25) is 0 Å². The van der Waals surface area contributed by atoms with Crippen LogP contribution in [0.3, 0.4) is 0 Å². The van der Waals surface area contributed by atoms with Crippen molar-refractivity contribution in [2.75, 3.05) is 26.3 Å². The highest BCUT2D eigenvalue weighted by atomic mass is 19.4.